The molecule has 24 heavy (non-hydrogen) atoms. The first-order valence-electron chi connectivity index (χ1n) is 9.03. The van der Waals surface area contributed by atoms with E-state index in [9.17, 15) is 4.79 Å². The normalized spacial score (nSPS) is 31.2. The fraction of sp³-hybridized carbons (Fsp3) is 0.632. The van der Waals surface area contributed by atoms with Gasteiger partial charge in [0.15, 0.2) is 0 Å². The Bertz CT molecular complexity index is 593. The predicted molar refractivity (Wildman–Crippen MR) is 97.7 cm³/mol. The summed E-state index contributed by atoms with van der Waals surface area (Å²) in [6.45, 7) is 0.738. The molecule has 4 rings (SSSR count). The molecule has 1 aromatic carbocycles. The molecular weight excluding hydrogens is 324 g/mol. The fourth-order valence-corrected chi connectivity index (χ4v) is 4.73. The predicted octanol–water partition coefficient (Wildman–Crippen LogP) is 3.53. The molecule has 4 nitrogen and oxygen atoms in total. The quantitative estimate of drug-likeness (QED) is 0.857. The van der Waals surface area contributed by atoms with Crippen LogP contribution < -0.4 is 15.8 Å². The van der Waals surface area contributed by atoms with Gasteiger partial charge < -0.3 is 15.8 Å². The molecule has 0 aromatic heterocycles. The topological polar surface area (TPSA) is 64.4 Å². The Morgan fingerprint density at radius 3 is 2.67 bits per heavy atom. The van der Waals surface area contributed by atoms with Crippen molar-refractivity contribution in [3.63, 3.8) is 0 Å². The first-order valence-corrected chi connectivity index (χ1v) is 9.03. The van der Waals surface area contributed by atoms with E-state index in [1.165, 1.54) is 24.8 Å². The molecule has 2 saturated carbocycles. The van der Waals surface area contributed by atoms with E-state index in [1.54, 1.807) is 0 Å². The summed E-state index contributed by atoms with van der Waals surface area (Å²) in [7, 11) is 0. The maximum Gasteiger partial charge on any atom is 0.227 e. The van der Waals surface area contributed by atoms with Crippen molar-refractivity contribution < 1.29 is 9.53 Å². The molecular formula is C19H27ClN2O2. The first kappa shape index (κ1) is 17.6. The van der Waals surface area contributed by atoms with Crippen LogP contribution >= 0.6 is 12.4 Å². The average molecular weight is 351 g/mol. The number of nitrogens with one attached hydrogen (secondary N) is 1. The maximum atomic E-state index is 12.8. The van der Waals surface area contributed by atoms with E-state index in [0.717, 1.165) is 43.7 Å². The Morgan fingerprint density at radius 2 is 1.92 bits per heavy atom. The van der Waals surface area contributed by atoms with Crippen LogP contribution in [-0.2, 0) is 11.2 Å². The van der Waals surface area contributed by atoms with Crippen LogP contribution in [0, 0.1) is 17.8 Å². The monoisotopic (exact) mass is 350 g/mol. The van der Waals surface area contributed by atoms with E-state index in [2.05, 4.69) is 11.4 Å². The molecule has 132 valence electrons. The number of hydrogen-bond donors (Lipinski definition) is 2. The van der Waals surface area contributed by atoms with Crippen molar-refractivity contribution in [2.24, 2.45) is 23.5 Å². The summed E-state index contributed by atoms with van der Waals surface area (Å²) >= 11 is 0. The highest BCUT2D eigenvalue weighted by atomic mass is 35.5. The lowest BCUT2D eigenvalue weighted by Crippen LogP contribution is -2.48. The molecule has 3 aliphatic rings. The highest BCUT2D eigenvalue weighted by Gasteiger charge is 2.40. The minimum Gasteiger partial charge on any atom is -0.491 e. The smallest absolute Gasteiger partial charge is 0.227 e. The molecule has 2 fully saturated rings. The summed E-state index contributed by atoms with van der Waals surface area (Å²) in [4.78, 5) is 12.8. The molecule has 2 aliphatic carbocycles. The number of carbonyl (C=O) groups excluding carboxylic acids is 1. The standard InChI is InChI=1S/C19H26N2O2.ClH/c20-17-13-5-1-6-14(17)11-15(10-13)19(22)21-16-8-2-4-12-7-3-9-23-18(12)16;/h2,4,8,13-15,17H,1,3,5-7,9-11,20H2,(H,21,22);1H. The van der Waals surface area contributed by atoms with E-state index in [0.29, 0.717) is 17.9 Å². The number of aryl methyl sites for hydroxylation is 1. The third-order valence-electron chi connectivity index (χ3n) is 5.98. The Morgan fingerprint density at radius 1 is 1.17 bits per heavy atom. The number of rotatable bonds is 2. The second-order valence-electron chi connectivity index (χ2n) is 7.43. The zero-order chi connectivity index (χ0) is 15.8. The molecule has 5 heteroatoms. The van der Waals surface area contributed by atoms with Crippen LogP contribution in [0.5, 0.6) is 5.75 Å². The van der Waals surface area contributed by atoms with Gasteiger partial charge >= 0.3 is 0 Å². The molecule has 3 N–H and O–H groups in total. The van der Waals surface area contributed by atoms with Gasteiger partial charge in [0, 0.05) is 12.0 Å². The summed E-state index contributed by atoms with van der Waals surface area (Å²) in [6, 6.07) is 6.36. The molecule has 1 heterocycles. The lowest BCUT2D eigenvalue weighted by molar-refractivity contribution is -0.122. The van der Waals surface area contributed by atoms with Crippen LogP contribution in [0.4, 0.5) is 5.69 Å². The molecule has 0 spiro atoms. The third-order valence-corrected chi connectivity index (χ3v) is 5.98. The average Bonchev–Trinajstić information content (AvgIpc) is 2.55. The van der Waals surface area contributed by atoms with E-state index < -0.39 is 0 Å². The van der Waals surface area contributed by atoms with Crippen molar-refractivity contribution in [1.82, 2.24) is 0 Å². The lowest BCUT2D eigenvalue weighted by Gasteiger charge is -2.43. The van der Waals surface area contributed by atoms with Crippen molar-refractivity contribution in [3.8, 4) is 5.75 Å². The van der Waals surface area contributed by atoms with Gasteiger partial charge in [-0.1, -0.05) is 18.6 Å². The number of benzene rings is 1. The Balaban J connectivity index is 0.00000169. The van der Waals surface area contributed by atoms with Gasteiger partial charge in [-0.2, -0.15) is 0 Å². The largest absolute Gasteiger partial charge is 0.491 e. The lowest BCUT2D eigenvalue weighted by atomic mass is 9.65. The molecule has 2 atom stereocenters. The molecule has 1 amide bonds. The Labute approximate surface area is 149 Å². The summed E-state index contributed by atoms with van der Waals surface area (Å²) in [6.07, 6.45) is 7.61. The second kappa shape index (κ2) is 7.32. The molecule has 1 aromatic rings. The number of halogens is 1. The number of carbonyl (C=O) groups is 1. The van der Waals surface area contributed by atoms with Crippen molar-refractivity contribution in [2.75, 3.05) is 11.9 Å². The molecule has 2 bridgehead atoms. The first-order chi connectivity index (χ1) is 11.2. The molecule has 0 radical (unpaired) electrons. The number of fused-ring (bicyclic) bond motifs is 3. The third kappa shape index (κ3) is 3.27. The maximum absolute atomic E-state index is 12.8. The highest BCUT2D eigenvalue weighted by Crippen LogP contribution is 2.42. The fourth-order valence-electron chi connectivity index (χ4n) is 4.73. The zero-order valence-electron chi connectivity index (χ0n) is 14.0. The van der Waals surface area contributed by atoms with Crippen molar-refractivity contribution in [1.29, 1.82) is 0 Å². The molecule has 0 saturated heterocycles. The summed E-state index contributed by atoms with van der Waals surface area (Å²) < 4.78 is 5.80. The van der Waals surface area contributed by atoms with Gasteiger partial charge in [-0.3, -0.25) is 4.79 Å². The zero-order valence-corrected chi connectivity index (χ0v) is 14.8. The van der Waals surface area contributed by atoms with Crippen LogP contribution in [0.25, 0.3) is 0 Å². The van der Waals surface area contributed by atoms with Gasteiger partial charge in [0.05, 0.1) is 12.3 Å². The summed E-state index contributed by atoms with van der Waals surface area (Å²) in [5.41, 5.74) is 8.38. The highest BCUT2D eigenvalue weighted by molar-refractivity contribution is 5.94. The van der Waals surface area contributed by atoms with Gasteiger partial charge in [0.25, 0.3) is 0 Å². The van der Waals surface area contributed by atoms with Crippen LogP contribution in [-0.4, -0.2) is 18.6 Å². The summed E-state index contributed by atoms with van der Waals surface area (Å²) in [5, 5.41) is 3.14. The second-order valence-corrected chi connectivity index (χ2v) is 7.43. The van der Waals surface area contributed by atoms with E-state index in [1.807, 2.05) is 12.1 Å². The Hall–Kier alpha value is -1.26. The van der Waals surface area contributed by atoms with E-state index >= 15 is 0 Å². The summed E-state index contributed by atoms with van der Waals surface area (Å²) in [5.74, 6) is 2.18. The number of amides is 1. The SMILES string of the molecule is Cl.NC1C2CCCC1CC(C(=O)Nc1cccc3c1OCCC3)C2. The van der Waals surface area contributed by atoms with Gasteiger partial charge in [-0.25, -0.2) is 0 Å². The van der Waals surface area contributed by atoms with Crippen LogP contribution in [0.2, 0.25) is 0 Å². The van der Waals surface area contributed by atoms with Gasteiger partial charge in [0.2, 0.25) is 5.91 Å². The number of hydrogen-bond acceptors (Lipinski definition) is 3. The van der Waals surface area contributed by atoms with Crippen LogP contribution in [0.15, 0.2) is 18.2 Å². The van der Waals surface area contributed by atoms with Crippen molar-refractivity contribution >= 4 is 24.0 Å². The minimum atomic E-state index is 0. The minimum absolute atomic E-state index is 0. The number of anilines is 1. The van der Waals surface area contributed by atoms with Gasteiger partial charge in [-0.05, 0) is 62.0 Å². The van der Waals surface area contributed by atoms with Crippen molar-refractivity contribution in [2.45, 2.75) is 51.0 Å². The van der Waals surface area contributed by atoms with Crippen molar-refractivity contribution in [3.05, 3.63) is 23.8 Å². The van der Waals surface area contributed by atoms with Crippen LogP contribution in [0.3, 0.4) is 0 Å². The van der Waals surface area contributed by atoms with E-state index in [-0.39, 0.29) is 24.2 Å². The molecule has 2 unspecified atom stereocenters. The number of ether oxygens (including phenoxy) is 1. The van der Waals surface area contributed by atoms with Gasteiger partial charge in [0.1, 0.15) is 5.75 Å². The number of nitrogens with two attached hydrogens (primary N) is 1. The van der Waals surface area contributed by atoms with Gasteiger partial charge in [-0.15, -0.1) is 12.4 Å². The van der Waals surface area contributed by atoms with Crippen LogP contribution in [0.1, 0.15) is 44.1 Å². The number of para-hydroxylation sites is 1. The molecule has 1 aliphatic heterocycles. The van der Waals surface area contributed by atoms with E-state index in [4.69, 9.17) is 10.5 Å². The Kier molecular flexibility index (Phi) is 5.36.